The molecule has 1 amide bonds. The lowest BCUT2D eigenvalue weighted by Crippen LogP contribution is -2.32. The van der Waals surface area contributed by atoms with E-state index in [1.807, 2.05) is 49.3 Å². The molecule has 0 aliphatic heterocycles. The van der Waals surface area contributed by atoms with Crippen LogP contribution in [0.2, 0.25) is 0 Å². The van der Waals surface area contributed by atoms with E-state index in [2.05, 4.69) is 16.4 Å². The number of hydrogen-bond acceptors (Lipinski definition) is 4. The number of carbonyl (C=O) groups excluding carboxylic acids is 1. The first-order valence-corrected chi connectivity index (χ1v) is 9.03. The van der Waals surface area contributed by atoms with Crippen LogP contribution in [0.15, 0.2) is 47.0 Å². The number of benzene rings is 1. The second-order valence-electron chi connectivity index (χ2n) is 7.11. The third-order valence-corrected chi connectivity index (χ3v) is 4.88. The molecule has 5 heteroatoms. The molecule has 0 radical (unpaired) electrons. The van der Waals surface area contributed by atoms with Gasteiger partial charge in [0.25, 0.3) is 5.91 Å². The van der Waals surface area contributed by atoms with E-state index in [9.17, 15) is 4.79 Å². The molecule has 1 aliphatic carbocycles. The highest BCUT2D eigenvalue weighted by Gasteiger charge is 2.27. The molecule has 4 rings (SSSR count). The molecule has 2 aromatic heterocycles. The van der Waals surface area contributed by atoms with Gasteiger partial charge < -0.3 is 14.6 Å². The lowest BCUT2D eigenvalue weighted by atomic mass is 9.92. The van der Waals surface area contributed by atoms with Gasteiger partial charge in [0, 0.05) is 23.7 Å². The van der Waals surface area contributed by atoms with Crippen LogP contribution in [-0.4, -0.2) is 29.9 Å². The van der Waals surface area contributed by atoms with E-state index in [4.69, 9.17) is 4.42 Å². The molecular weight excluding hydrogens is 326 g/mol. The zero-order chi connectivity index (χ0) is 18.1. The van der Waals surface area contributed by atoms with Gasteiger partial charge in [-0.3, -0.25) is 9.78 Å². The molecular formula is C21H23N3O2. The van der Waals surface area contributed by atoms with Crippen molar-refractivity contribution < 1.29 is 9.21 Å². The number of fused-ring (bicyclic) bond motifs is 2. The molecule has 0 saturated heterocycles. The summed E-state index contributed by atoms with van der Waals surface area (Å²) in [6.07, 6.45) is 4.77. The number of rotatable bonds is 4. The number of pyridine rings is 1. The van der Waals surface area contributed by atoms with Gasteiger partial charge >= 0.3 is 0 Å². The second-order valence-corrected chi connectivity index (χ2v) is 7.11. The van der Waals surface area contributed by atoms with Gasteiger partial charge in [0.05, 0.1) is 11.7 Å². The standard InChI is InChI=1S/C21H23N3O2/c1-24(2)13-16-15-9-3-4-11-18(15)26-20(16)21(25)23-17-10-5-7-14-8-6-12-22-19(14)17/h3-4,6,8-9,11-12,17H,5,7,10,13H2,1-2H3,(H,23,25)/t17-/m1/s1. The maximum atomic E-state index is 13.0. The van der Waals surface area contributed by atoms with E-state index in [1.165, 1.54) is 5.56 Å². The third kappa shape index (κ3) is 3.10. The summed E-state index contributed by atoms with van der Waals surface area (Å²) in [6.45, 7) is 0.652. The van der Waals surface area contributed by atoms with Crippen LogP contribution in [-0.2, 0) is 13.0 Å². The Morgan fingerprint density at radius 3 is 2.96 bits per heavy atom. The predicted octanol–water partition coefficient (Wildman–Crippen LogP) is 3.70. The largest absolute Gasteiger partial charge is 0.451 e. The maximum absolute atomic E-state index is 13.0. The van der Waals surface area contributed by atoms with E-state index < -0.39 is 0 Å². The average Bonchev–Trinajstić information content (AvgIpc) is 3.00. The van der Waals surface area contributed by atoms with Crippen molar-refractivity contribution in [2.75, 3.05) is 14.1 Å². The molecule has 0 spiro atoms. The predicted molar refractivity (Wildman–Crippen MR) is 101 cm³/mol. The molecule has 1 atom stereocenters. The fourth-order valence-corrected chi connectivity index (χ4v) is 3.73. The van der Waals surface area contributed by atoms with Gasteiger partial charge in [-0.2, -0.15) is 0 Å². The van der Waals surface area contributed by atoms with Crippen LogP contribution in [0.1, 0.15) is 46.3 Å². The van der Waals surface area contributed by atoms with Crippen molar-refractivity contribution in [1.82, 2.24) is 15.2 Å². The van der Waals surface area contributed by atoms with Gasteiger partial charge in [0.2, 0.25) is 0 Å². The fourth-order valence-electron chi connectivity index (χ4n) is 3.73. The molecule has 134 valence electrons. The Morgan fingerprint density at radius 1 is 1.27 bits per heavy atom. The van der Waals surface area contributed by atoms with Crippen molar-refractivity contribution in [2.45, 2.75) is 31.8 Å². The molecule has 0 saturated carbocycles. The Balaban J connectivity index is 1.67. The van der Waals surface area contributed by atoms with E-state index in [0.29, 0.717) is 12.3 Å². The number of hydrogen-bond donors (Lipinski definition) is 1. The van der Waals surface area contributed by atoms with Crippen LogP contribution in [0.3, 0.4) is 0 Å². The number of aromatic nitrogens is 1. The quantitative estimate of drug-likeness (QED) is 0.780. The monoisotopic (exact) mass is 349 g/mol. The maximum Gasteiger partial charge on any atom is 0.287 e. The normalized spacial score (nSPS) is 16.7. The topological polar surface area (TPSA) is 58.4 Å². The average molecular weight is 349 g/mol. The highest BCUT2D eigenvalue weighted by Crippen LogP contribution is 2.30. The van der Waals surface area contributed by atoms with Crippen molar-refractivity contribution in [2.24, 2.45) is 0 Å². The zero-order valence-electron chi connectivity index (χ0n) is 15.2. The van der Waals surface area contributed by atoms with E-state index >= 15 is 0 Å². The van der Waals surface area contributed by atoms with Gasteiger partial charge in [-0.1, -0.05) is 24.3 Å². The summed E-state index contributed by atoms with van der Waals surface area (Å²) in [7, 11) is 3.98. The second kappa shape index (κ2) is 6.92. The highest BCUT2D eigenvalue weighted by atomic mass is 16.3. The Kier molecular flexibility index (Phi) is 4.47. The van der Waals surface area contributed by atoms with E-state index in [1.54, 1.807) is 6.20 Å². The molecule has 5 nitrogen and oxygen atoms in total. The fraction of sp³-hybridized carbons (Fsp3) is 0.333. The number of nitrogens with one attached hydrogen (secondary N) is 1. The summed E-state index contributed by atoms with van der Waals surface area (Å²) in [5, 5.41) is 4.15. The minimum absolute atomic E-state index is 0.0622. The number of carbonyl (C=O) groups is 1. The highest BCUT2D eigenvalue weighted by molar-refractivity contribution is 5.99. The molecule has 1 aliphatic rings. The lowest BCUT2D eigenvalue weighted by molar-refractivity contribution is 0.0903. The summed E-state index contributed by atoms with van der Waals surface area (Å²) in [5.41, 5.74) is 3.89. The summed E-state index contributed by atoms with van der Waals surface area (Å²) >= 11 is 0. The van der Waals surface area contributed by atoms with Gasteiger partial charge in [-0.15, -0.1) is 0 Å². The van der Waals surface area contributed by atoms with Crippen LogP contribution < -0.4 is 5.32 Å². The number of aryl methyl sites for hydroxylation is 1. The number of amides is 1. The zero-order valence-corrected chi connectivity index (χ0v) is 15.2. The smallest absolute Gasteiger partial charge is 0.287 e. The van der Waals surface area contributed by atoms with Gasteiger partial charge in [-0.25, -0.2) is 0 Å². The van der Waals surface area contributed by atoms with Crippen molar-refractivity contribution in [1.29, 1.82) is 0 Å². The summed E-state index contributed by atoms with van der Waals surface area (Å²) in [6, 6.07) is 11.8. The Bertz CT molecular complexity index is 945. The van der Waals surface area contributed by atoms with Gasteiger partial charge in [0.1, 0.15) is 5.58 Å². The molecule has 1 N–H and O–H groups in total. The number of nitrogens with zero attached hydrogens (tertiary/aromatic N) is 2. The molecule has 0 bridgehead atoms. The van der Waals surface area contributed by atoms with Crippen LogP contribution in [0, 0.1) is 0 Å². The SMILES string of the molecule is CN(C)Cc1c(C(=O)N[C@@H]2CCCc3cccnc32)oc2ccccc12. The Morgan fingerprint density at radius 2 is 2.12 bits per heavy atom. The van der Waals surface area contributed by atoms with E-state index in [0.717, 1.165) is 41.5 Å². The first-order chi connectivity index (χ1) is 12.6. The number of para-hydroxylation sites is 1. The molecule has 2 heterocycles. The van der Waals surface area contributed by atoms with Crippen molar-refractivity contribution >= 4 is 16.9 Å². The van der Waals surface area contributed by atoms with Crippen molar-refractivity contribution in [3.05, 3.63) is 65.2 Å². The van der Waals surface area contributed by atoms with Crippen LogP contribution >= 0.6 is 0 Å². The van der Waals surface area contributed by atoms with Crippen LogP contribution in [0.4, 0.5) is 0 Å². The molecule has 0 unspecified atom stereocenters. The van der Waals surface area contributed by atoms with Crippen LogP contribution in [0.5, 0.6) is 0 Å². The lowest BCUT2D eigenvalue weighted by Gasteiger charge is -2.25. The first-order valence-electron chi connectivity index (χ1n) is 9.03. The first kappa shape index (κ1) is 16.8. The van der Waals surface area contributed by atoms with Crippen molar-refractivity contribution in [3.63, 3.8) is 0 Å². The van der Waals surface area contributed by atoms with Crippen molar-refractivity contribution in [3.8, 4) is 0 Å². The summed E-state index contributed by atoms with van der Waals surface area (Å²) in [5.74, 6) is 0.240. The summed E-state index contributed by atoms with van der Waals surface area (Å²) < 4.78 is 5.93. The minimum Gasteiger partial charge on any atom is -0.451 e. The molecule has 3 aromatic rings. The Labute approximate surface area is 153 Å². The molecule has 1 aromatic carbocycles. The molecule has 0 fully saturated rings. The summed E-state index contributed by atoms with van der Waals surface area (Å²) in [4.78, 5) is 19.6. The van der Waals surface area contributed by atoms with Crippen LogP contribution in [0.25, 0.3) is 11.0 Å². The van der Waals surface area contributed by atoms with E-state index in [-0.39, 0.29) is 11.9 Å². The third-order valence-electron chi connectivity index (χ3n) is 4.88. The molecule has 26 heavy (non-hydrogen) atoms. The minimum atomic E-state index is -0.165. The Hall–Kier alpha value is -2.66. The van der Waals surface area contributed by atoms with Gasteiger partial charge in [-0.05, 0) is 51.1 Å². The number of furan rings is 1. The van der Waals surface area contributed by atoms with Gasteiger partial charge in [0.15, 0.2) is 5.76 Å².